The normalized spacial score (nSPS) is 14.3. The molecule has 2 amide bonds. The number of nitrogens with zero attached hydrogens (tertiary/aromatic N) is 4. The van der Waals surface area contributed by atoms with Crippen LogP contribution in [0.25, 0.3) is 5.69 Å². The number of rotatable bonds is 7. The zero-order valence-electron chi connectivity index (χ0n) is 20.0. The van der Waals surface area contributed by atoms with Gasteiger partial charge in [-0.05, 0) is 61.9 Å². The predicted molar refractivity (Wildman–Crippen MR) is 135 cm³/mol. The largest absolute Gasteiger partial charge is 0.351 e. The molecule has 7 nitrogen and oxygen atoms in total. The van der Waals surface area contributed by atoms with Crippen molar-refractivity contribution in [2.45, 2.75) is 25.5 Å². The van der Waals surface area contributed by atoms with Crippen LogP contribution in [0.15, 0.2) is 60.0 Å². The summed E-state index contributed by atoms with van der Waals surface area (Å²) in [5.74, 6) is 0.291. The number of nitrogens with one attached hydrogen (secondary N) is 1. The summed E-state index contributed by atoms with van der Waals surface area (Å²) in [7, 11) is 2.07. The summed E-state index contributed by atoms with van der Waals surface area (Å²) < 4.78 is 2.01. The van der Waals surface area contributed by atoms with Crippen LogP contribution in [0.4, 0.5) is 0 Å². The van der Waals surface area contributed by atoms with E-state index in [9.17, 15) is 9.59 Å². The van der Waals surface area contributed by atoms with Crippen LogP contribution in [-0.4, -0.2) is 70.1 Å². The standard InChI is InChI=1S/C26H31N5O2S/c1-19-14-20(2)16-23(15-19)31-9-8-27-26(31)34-18-24(32)28-17-21-4-6-22(7-5-21)25(33)30-12-10-29(3)11-13-30/h4-9,14-16H,10-13,17-18H2,1-3H3,(H,28,32). The van der Waals surface area contributed by atoms with E-state index >= 15 is 0 Å². The van der Waals surface area contributed by atoms with E-state index < -0.39 is 0 Å². The summed E-state index contributed by atoms with van der Waals surface area (Å²) >= 11 is 1.41. The molecule has 2 heterocycles. The van der Waals surface area contributed by atoms with E-state index in [1.165, 1.54) is 22.9 Å². The number of benzene rings is 2. The fourth-order valence-corrected chi connectivity index (χ4v) is 4.82. The lowest BCUT2D eigenvalue weighted by Gasteiger charge is -2.32. The third-order valence-corrected chi connectivity index (χ3v) is 6.87. The lowest BCUT2D eigenvalue weighted by molar-refractivity contribution is -0.118. The zero-order chi connectivity index (χ0) is 24.1. The van der Waals surface area contributed by atoms with Gasteiger partial charge in [0.25, 0.3) is 5.91 Å². The van der Waals surface area contributed by atoms with Crippen molar-refractivity contribution in [2.75, 3.05) is 39.0 Å². The molecule has 0 aliphatic carbocycles. The molecule has 178 valence electrons. The maximum Gasteiger partial charge on any atom is 0.253 e. The van der Waals surface area contributed by atoms with Crippen LogP contribution in [0.5, 0.6) is 0 Å². The zero-order valence-corrected chi connectivity index (χ0v) is 20.8. The number of piperazine rings is 1. The van der Waals surface area contributed by atoms with E-state index in [-0.39, 0.29) is 17.6 Å². The molecule has 1 aromatic heterocycles. The molecule has 3 aromatic rings. The predicted octanol–water partition coefficient (Wildman–Crippen LogP) is 3.29. The molecule has 4 rings (SSSR count). The maximum atomic E-state index is 12.7. The number of amides is 2. The molecule has 1 aliphatic heterocycles. The molecule has 0 spiro atoms. The first-order valence-corrected chi connectivity index (χ1v) is 12.5. The van der Waals surface area contributed by atoms with Crippen molar-refractivity contribution in [1.29, 1.82) is 0 Å². The van der Waals surface area contributed by atoms with Gasteiger partial charge < -0.3 is 15.1 Å². The van der Waals surface area contributed by atoms with E-state index in [1.54, 1.807) is 6.20 Å². The van der Waals surface area contributed by atoms with Gasteiger partial charge in [0, 0.05) is 56.4 Å². The minimum absolute atomic E-state index is 0.0578. The van der Waals surface area contributed by atoms with Gasteiger partial charge in [-0.1, -0.05) is 30.0 Å². The van der Waals surface area contributed by atoms with Crippen molar-refractivity contribution in [3.8, 4) is 5.69 Å². The molecule has 0 radical (unpaired) electrons. The van der Waals surface area contributed by atoms with E-state index in [0.29, 0.717) is 12.1 Å². The van der Waals surface area contributed by atoms with E-state index in [0.717, 1.165) is 42.6 Å². The van der Waals surface area contributed by atoms with Crippen molar-refractivity contribution >= 4 is 23.6 Å². The molecule has 0 saturated carbocycles. The number of likely N-dealkylation sites (N-methyl/N-ethyl adjacent to an activating group) is 1. The Morgan fingerprint density at radius 3 is 2.35 bits per heavy atom. The van der Waals surface area contributed by atoms with Gasteiger partial charge in [0.1, 0.15) is 0 Å². The summed E-state index contributed by atoms with van der Waals surface area (Å²) in [4.78, 5) is 33.7. The third kappa shape index (κ3) is 6.07. The summed E-state index contributed by atoms with van der Waals surface area (Å²) in [5, 5.41) is 3.74. The van der Waals surface area contributed by atoms with Crippen LogP contribution in [0.1, 0.15) is 27.0 Å². The Morgan fingerprint density at radius 1 is 1.00 bits per heavy atom. The number of aromatic nitrogens is 2. The number of aryl methyl sites for hydroxylation is 2. The minimum Gasteiger partial charge on any atom is -0.351 e. The van der Waals surface area contributed by atoms with E-state index in [2.05, 4.69) is 54.3 Å². The third-order valence-electron chi connectivity index (χ3n) is 5.90. The number of hydrogen-bond acceptors (Lipinski definition) is 5. The van der Waals surface area contributed by atoms with Gasteiger partial charge in [-0.3, -0.25) is 14.2 Å². The maximum absolute atomic E-state index is 12.7. The Kier molecular flexibility index (Phi) is 7.70. The number of thioether (sulfide) groups is 1. The first-order chi connectivity index (χ1) is 16.4. The molecule has 1 aliphatic rings. The average Bonchev–Trinajstić information content (AvgIpc) is 3.30. The Labute approximate surface area is 205 Å². The monoisotopic (exact) mass is 477 g/mol. The van der Waals surface area contributed by atoms with Crippen LogP contribution in [0, 0.1) is 13.8 Å². The molecule has 0 atom stereocenters. The first-order valence-electron chi connectivity index (χ1n) is 11.5. The van der Waals surface area contributed by atoms with Crippen LogP contribution in [-0.2, 0) is 11.3 Å². The minimum atomic E-state index is -0.0578. The van der Waals surface area contributed by atoms with E-state index in [4.69, 9.17) is 0 Å². The average molecular weight is 478 g/mol. The fourth-order valence-electron chi connectivity index (χ4n) is 4.02. The number of imidazole rings is 1. The lowest BCUT2D eigenvalue weighted by atomic mass is 10.1. The highest BCUT2D eigenvalue weighted by Crippen LogP contribution is 2.22. The van der Waals surface area contributed by atoms with Gasteiger partial charge in [0.2, 0.25) is 5.91 Å². The van der Waals surface area contributed by atoms with Gasteiger partial charge in [0.05, 0.1) is 5.75 Å². The highest BCUT2D eigenvalue weighted by Gasteiger charge is 2.20. The molecule has 0 unspecified atom stereocenters. The molecule has 0 bridgehead atoms. The molecular formula is C26H31N5O2S. The van der Waals surface area contributed by atoms with Crippen LogP contribution in [0.3, 0.4) is 0 Å². The fraction of sp³-hybridized carbons (Fsp3) is 0.346. The quantitative estimate of drug-likeness (QED) is 0.529. The van der Waals surface area contributed by atoms with Crippen LogP contribution in [0.2, 0.25) is 0 Å². The van der Waals surface area contributed by atoms with Gasteiger partial charge in [-0.15, -0.1) is 0 Å². The summed E-state index contributed by atoms with van der Waals surface area (Å²) in [6.45, 7) is 7.88. The van der Waals surface area contributed by atoms with Crippen molar-refractivity contribution in [3.63, 3.8) is 0 Å². The molecule has 2 aromatic carbocycles. The van der Waals surface area contributed by atoms with Crippen molar-refractivity contribution in [1.82, 2.24) is 24.7 Å². The van der Waals surface area contributed by atoms with Gasteiger partial charge in [-0.2, -0.15) is 0 Å². The van der Waals surface area contributed by atoms with Gasteiger partial charge in [-0.25, -0.2) is 4.98 Å². The Hall–Kier alpha value is -3.10. The van der Waals surface area contributed by atoms with E-state index in [1.807, 2.05) is 39.9 Å². The summed E-state index contributed by atoms with van der Waals surface area (Å²) in [5.41, 5.74) is 5.07. The molecule has 1 fully saturated rings. The second-order valence-electron chi connectivity index (χ2n) is 8.78. The molecule has 1 saturated heterocycles. The Morgan fingerprint density at radius 2 is 1.68 bits per heavy atom. The molecular weight excluding hydrogens is 446 g/mol. The second-order valence-corrected chi connectivity index (χ2v) is 9.73. The Bertz CT molecular complexity index is 1130. The number of carbonyl (C=O) groups is 2. The molecule has 8 heteroatoms. The topological polar surface area (TPSA) is 70.5 Å². The van der Waals surface area contributed by atoms with Crippen molar-refractivity contribution < 1.29 is 9.59 Å². The highest BCUT2D eigenvalue weighted by molar-refractivity contribution is 7.99. The SMILES string of the molecule is Cc1cc(C)cc(-n2ccnc2SCC(=O)NCc2ccc(C(=O)N3CCN(C)CC3)cc2)c1. The first kappa shape index (κ1) is 24.0. The number of hydrogen-bond donors (Lipinski definition) is 1. The smallest absolute Gasteiger partial charge is 0.253 e. The van der Waals surface area contributed by atoms with Crippen molar-refractivity contribution in [2.24, 2.45) is 0 Å². The summed E-state index contributed by atoms with van der Waals surface area (Å²) in [6, 6.07) is 13.9. The second kappa shape index (κ2) is 10.9. The number of carbonyl (C=O) groups excluding carboxylic acids is 2. The molecule has 34 heavy (non-hydrogen) atoms. The highest BCUT2D eigenvalue weighted by atomic mass is 32.2. The van der Waals surface area contributed by atoms with Crippen molar-refractivity contribution in [3.05, 3.63) is 77.1 Å². The van der Waals surface area contributed by atoms with Gasteiger partial charge >= 0.3 is 0 Å². The summed E-state index contributed by atoms with van der Waals surface area (Å²) in [6.07, 6.45) is 3.67. The van der Waals surface area contributed by atoms with Crippen LogP contribution >= 0.6 is 11.8 Å². The Balaban J connectivity index is 1.27. The van der Waals surface area contributed by atoms with Gasteiger partial charge in [0.15, 0.2) is 5.16 Å². The molecule has 1 N–H and O–H groups in total. The lowest BCUT2D eigenvalue weighted by Crippen LogP contribution is -2.47. The van der Waals surface area contributed by atoms with Crippen LogP contribution < -0.4 is 5.32 Å².